The Hall–Kier alpha value is -0.0800. The van der Waals surface area contributed by atoms with Gasteiger partial charge in [0.25, 0.3) is 0 Å². The van der Waals surface area contributed by atoms with Gasteiger partial charge >= 0.3 is 0 Å². The van der Waals surface area contributed by atoms with Crippen molar-refractivity contribution in [3.8, 4) is 0 Å². The highest BCUT2D eigenvalue weighted by Gasteiger charge is 2.17. The van der Waals surface area contributed by atoms with Crippen molar-refractivity contribution in [3.63, 3.8) is 0 Å². The molecule has 1 fully saturated rings. The molecular formula is C10H21NO. The number of nitrogens with zero attached hydrogens (tertiary/aromatic N) is 1. The summed E-state index contributed by atoms with van der Waals surface area (Å²) < 4.78 is 0. The van der Waals surface area contributed by atoms with Crippen molar-refractivity contribution >= 4 is 0 Å². The van der Waals surface area contributed by atoms with Crippen LogP contribution in [0.3, 0.4) is 0 Å². The van der Waals surface area contributed by atoms with Crippen molar-refractivity contribution in [1.29, 1.82) is 0 Å². The zero-order valence-electron chi connectivity index (χ0n) is 8.29. The molecule has 0 spiro atoms. The van der Waals surface area contributed by atoms with Crippen LogP contribution in [0.4, 0.5) is 0 Å². The van der Waals surface area contributed by atoms with Crippen LogP contribution >= 0.6 is 0 Å². The van der Waals surface area contributed by atoms with Gasteiger partial charge in [-0.05, 0) is 33.2 Å². The van der Waals surface area contributed by atoms with Crippen LogP contribution in [0.25, 0.3) is 0 Å². The maximum atomic E-state index is 9.27. The van der Waals surface area contributed by atoms with Crippen LogP contribution in [0.5, 0.6) is 0 Å². The Kier molecular flexibility index (Phi) is 4.02. The summed E-state index contributed by atoms with van der Waals surface area (Å²) in [5.41, 5.74) is 0. The topological polar surface area (TPSA) is 23.5 Å². The number of aliphatic hydroxyl groups excluding tert-OH is 1. The minimum absolute atomic E-state index is 0.175. The number of hydrogen-bond donors (Lipinski definition) is 1. The average molecular weight is 171 g/mol. The quantitative estimate of drug-likeness (QED) is 0.682. The van der Waals surface area contributed by atoms with Crippen LogP contribution in [0.1, 0.15) is 39.5 Å². The lowest BCUT2D eigenvalue weighted by atomic mass is 10.1. The first-order chi connectivity index (χ1) is 5.70. The summed E-state index contributed by atoms with van der Waals surface area (Å²) in [7, 11) is 0. The van der Waals surface area contributed by atoms with Crippen molar-refractivity contribution < 1.29 is 5.11 Å². The summed E-state index contributed by atoms with van der Waals surface area (Å²) in [4.78, 5) is 2.41. The minimum Gasteiger partial charge on any atom is -0.392 e. The van der Waals surface area contributed by atoms with E-state index in [1.807, 2.05) is 6.92 Å². The minimum atomic E-state index is -0.175. The summed E-state index contributed by atoms with van der Waals surface area (Å²) in [5.74, 6) is 0. The van der Waals surface area contributed by atoms with E-state index in [4.69, 9.17) is 0 Å². The SMILES string of the molecule is CC1CCCCCN1C[C@@H](C)O. The lowest BCUT2D eigenvalue weighted by molar-refractivity contribution is 0.105. The Bertz CT molecular complexity index is 125. The highest BCUT2D eigenvalue weighted by molar-refractivity contribution is 4.72. The largest absolute Gasteiger partial charge is 0.392 e. The third-order valence-corrected chi connectivity index (χ3v) is 2.69. The first kappa shape index (κ1) is 10.0. The van der Waals surface area contributed by atoms with E-state index >= 15 is 0 Å². The van der Waals surface area contributed by atoms with Gasteiger partial charge in [-0.2, -0.15) is 0 Å². The van der Waals surface area contributed by atoms with Gasteiger partial charge in [-0.3, -0.25) is 4.90 Å². The van der Waals surface area contributed by atoms with E-state index in [-0.39, 0.29) is 6.10 Å². The van der Waals surface area contributed by atoms with Crippen LogP contribution in [0.2, 0.25) is 0 Å². The monoisotopic (exact) mass is 171 g/mol. The summed E-state index contributed by atoms with van der Waals surface area (Å²) in [6.45, 7) is 6.17. The van der Waals surface area contributed by atoms with Gasteiger partial charge in [0.1, 0.15) is 0 Å². The van der Waals surface area contributed by atoms with Gasteiger partial charge in [0, 0.05) is 12.6 Å². The van der Waals surface area contributed by atoms with Crippen LogP contribution in [0, 0.1) is 0 Å². The number of β-amino-alcohol motifs (C(OH)–C–C–N with tert-alkyl or cyclic N) is 1. The Morgan fingerprint density at radius 1 is 1.42 bits per heavy atom. The van der Waals surface area contributed by atoms with Gasteiger partial charge in [0.15, 0.2) is 0 Å². The second-order valence-corrected chi connectivity index (χ2v) is 4.04. The van der Waals surface area contributed by atoms with Gasteiger partial charge in [-0.1, -0.05) is 12.8 Å². The van der Waals surface area contributed by atoms with Crippen LogP contribution in [0.15, 0.2) is 0 Å². The second-order valence-electron chi connectivity index (χ2n) is 4.04. The van der Waals surface area contributed by atoms with E-state index in [9.17, 15) is 5.11 Å². The molecule has 72 valence electrons. The highest BCUT2D eigenvalue weighted by Crippen LogP contribution is 2.16. The zero-order chi connectivity index (χ0) is 8.97. The number of hydrogen-bond acceptors (Lipinski definition) is 2. The van der Waals surface area contributed by atoms with Crippen molar-refractivity contribution in [2.75, 3.05) is 13.1 Å². The Morgan fingerprint density at radius 2 is 2.17 bits per heavy atom. The molecule has 1 unspecified atom stereocenters. The third-order valence-electron chi connectivity index (χ3n) is 2.69. The fourth-order valence-corrected chi connectivity index (χ4v) is 1.94. The number of aliphatic hydroxyl groups is 1. The molecule has 12 heavy (non-hydrogen) atoms. The molecule has 1 aliphatic heterocycles. The van der Waals surface area contributed by atoms with Crippen molar-refractivity contribution in [1.82, 2.24) is 4.90 Å². The molecule has 0 aromatic rings. The average Bonchev–Trinajstić information content (AvgIpc) is 2.16. The standard InChI is InChI=1S/C10H21NO/c1-9-6-4-3-5-7-11(9)8-10(2)12/h9-10,12H,3-8H2,1-2H3/t9?,10-/m1/s1. The lowest BCUT2D eigenvalue weighted by Crippen LogP contribution is -2.37. The van der Waals surface area contributed by atoms with E-state index in [1.54, 1.807) is 0 Å². The molecule has 0 aliphatic carbocycles. The van der Waals surface area contributed by atoms with E-state index < -0.39 is 0 Å². The smallest absolute Gasteiger partial charge is 0.0639 e. The van der Waals surface area contributed by atoms with Crippen LogP contribution in [-0.2, 0) is 0 Å². The third kappa shape index (κ3) is 3.11. The van der Waals surface area contributed by atoms with E-state index in [2.05, 4.69) is 11.8 Å². The predicted octanol–water partition coefficient (Wildman–Crippen LogP) is 1.63. The first-order valence-corrected chi connectivity index (χ1v) is 5.12. The summed E-state index contributed by atoms with van der Waals surface area (Å²) in [6.07, 6.45) is 5.15. The molecule has 1 N–H and O–H groups in total. The summed E-state index contributed by atoms with van der Waals surface area (Å²) in [5, 5.41) is 9.27. The molecule has 1 heterocycles. The van der Waals surface area contributed by atoms with Gasteiger partial charge in [0.2, 0.25) is 0 Å². The normalized spacial score (nSPS) is 29.8. The van der Waals surface area contributed by atoms with Crippen LogP contribution < -0.4 is 0 Å². The van der Waals surface area contributed by atoms with Gasteiger partial charge in [-0.15, -0.1) is 0 Å². The molecule has 0 radical (unpaired) electrons. The van der Waals surface area contributed by atoms with Crippen molar-refractivity contribution in [2.24, 2.45) is 0 Å². The Balaban J connectivity index is 2.36. The molecule has 2 nitrogen and oxygen atoms in total. The highest BCUT2D eigenvalue weighted by atomic mass is 16.3. The molecular weight excluding hydrogens is 150 g/mol. The molecule has 1 aliphatic rings. The Labute approximate surface area is 75.6 Å². The molecule has 1 saturated heterocycles. The molecule has 1 rings (SSSR count). The van der Waals surface area contributed by atoms with E-state index in [1.165, 1.54) is 32.2 Å². The maximum absolute atomic E-state index is 9.27. The lowest BCUT2D eigenvalue weighted by Gasteiger charge is -2.27. The number of rotatable bonds is 2. The first-order valence-electron chi connectivity index (χ1n) is 5.12. The fourth-order valence-electron chi connectivity index (χ4n) is 1.94. The molecule has 0 aromatic heterocycles. The molecule has 0 aromatic carbocycles. The van der Waals surface area contributed by atoms with Crippen molar-refractivity contribution in [3.05, 3.63) is 0 Å². The van der Waals surface area contributed by atoms with Gasteiger partial charge < -0.3 is 5.11 Å². The van der Waals surface area contributed by atoms with E-state index in [0.29, 0.717) is 6.04 Å². The Morgan fingerprint density at radius 3 is 2.83 bits per heavy atom. The van der Waals surface area contributed by atoms with Gasteiger partial charge in [-0.25, -0.2) is 0 Å². The predicted molar refractivity (Wildman–Crippen MR) is 51.2 cm³/mol. The molecule has 2 heteroatoms. The van der Waals surface area contributed by atoms with Gasteiger partial charge in [0.05, 0.1) is 6.10 Å². The molecule has 0 bridgehead atoms. The fraction of sp³-hybridized carbons (Fsp3) is 1.00. The van der Waals surface area contributed by atoms with Crippen LogP contribution in [-0.4, -0.2) is 35.2 Å². The summed E-state index contributed by atoms with van der Waals surface area (Å²) in [6, 6.07) is 0.669. The van der Waals surface area contributed by atoms with E-state index in [0.717, 1.165) is 6.54 Å². The van der Waals surface area contributed by atoms with Crippen molar-refractivity contribution in [2.45, 2.75) is 51.7 Å². The molecule has 2 atom stereocenters. The second kappa shape index (κ2) is 4.83. The maximum Gasteiger partial charge on any atom is 0.0639 e. The molecule has 0 amide bonds. The summed E-state index contributed by atoms with van der Waals surface area (Å²) >= 11 is 0. The molecule has 0 saturated carbocycles. The zero-order valence-corrected chi connectivity index (χ0v) is 8.29. The number of likely N-dealkylation sites (tertiary alicyclic amines) is 1.